The average Bonchev–Trinajstić information content (AvgIpc) is 2.59. The van der Waals surface area contributed by atoms with Crippen LogP contribution in [0.4, 0.5) is 0 Å². The van der Waals surface area contributed by atoms with Crippen molar-refractivity contribution in [1.82, 2.24) is 5.32 Å². The number of carboxylic acids is 1. The van der Waals surface area contributed by atoms with Crippen molar-refractivity contribution in [3.05, 3.63) is 29.8 Å². The Morgan fingerprint density at radius 3 is 2.52 bits per heavy atom. The van der Waals surface area contributed by atoms with E-state index in [-0.39, 0.29) is 16.1 Å². The molecule has 2 rings (SSSR count). The van der Waals surface area contributed by atoms with E-state index in [0.717, 1.165) is 0 Å². The number of sulfonamides is 1. The van der Waals surface area contributed by atoms with Gasteiger partial charge in [-0.25, -0.2) is 4.79 Å². The number of aliphatic carboxylic acids is 1. The molecule has 0 spiro atoms. The van der Waals surface area contributed by atoms with Crippen molar-refractivity contribution in [1.29, 1.82) is 0 Å². The number of fused-ring (bicyclic) bond motifs is 1. The van der Waals surface area contributed by atoms with Crippen molar-refractivity contribution in [2.75, 3.05) is 0 Å². The third-order valence-corrected chi connectivity index (χ3v) is 4.39. The van der Waals surface area contributed by atoms with Crippen LogP contribution in [0.3, 0.4) is 0 Å². The fourth-order valence-corrected chi connectivity index (χ4v) is 3.37. The summed E-state index contributed by atoms with van der Waals surface area (Å²) in [5.41, 5.74) is 0.200. The van der Waals surface area contributed by atoms with E-state index in [1.807, 2.05) is 20.8 Å². The first kappa shape index (κ1) is 15.5. The van der Waals surface area contributed by atoms with Crippen LogP contribution in [0.25, 0.3) is 0 Å². The van der Waals surface area contributed by atoms with Crippen LogP contribution in [0.15, 0.2) is 33.6 Å². The lowest BCUT2D eigenvalue weighted by Gasteiger charge is -2.24. The Kier molecular flexibility index (Phi) is 3.79. The number of hydrogen-bond acceptors (Lipinski definition) is 4. The van der Waals surface area contributed by atoms with Crippen molar-refractivity contribution < 1.29 is 18.3 Å². The Morgan fingerprint density at radius 1 is 1.33 bits per heavy atom. The van der Waals surface area contributed by atoms with Gasteiger partial charge in [0, 0.05) is 5.56 Å². The number of carbonyl (C=O) groups is 1. The molecular formula is C14H18N2O4S. The number of benzene rings is 1. The Morgan fingerprint density at radius 2 is 1.95 bits per heavy atom. The molecule has 21 heavy (non-hydrogen) atoms. The molecule has 1 aliphatic rings. The first-order valence-corrected chi connectivity index (χ1v) is 7.98. The molecule has 0 fully saturated rings. The van der Waals surface area contributed by atoms with E-state index in [4.69, 9.17) is 0 Å². The summed E-state index contributed by atoms with van der Waals surface area (Å²) in [7, 11) is -3.74. The molecule has 1 aromatic rings. The Hall–Kier alpha value is -1.89. The quantitative estimate of drug-likeness (QED) is 0.884. The van der Waals surface area contributed by atoms with Crippen LogP contribution in [0.2, 0.25) is 0 Å². The molecule has 7 heteroatoms. The summed E-state index contributed by atoms with van der Waals surface area (Å²) in [5.74, 6) is -0.934. The van der Waals surface area contributed by atoms with Gasteiger partial charge in [-0.1, -0.05) is 32.9 Å². The molecule has 1 heterocycles. The van der Waals surface area contributed by atoms with Gasteiger partial charge in [0.05, 0.1) is 0 Å². The zero-order valence-electron chi connectivity index (χ0n) is 12.1. The molecule has 0 saturated carbocycles. The van der Waals surface area contributed by atoms with Crippen LogP contribution >= 0.6 is 0 Å². The zero-order valence-corrected chi connectivity index (χ0v) is 12.9. The molecule has 0 amide bonds. The minimum absolute atomic E-state index is 0.0993. The lowest BCUT2D eigenvalue weighted by Crippen LogP contribution is -2.43. The van der Waals surface area contributed by atoms with Gasteiger partial charge in [0.25, 0.3) is 10.0 Å². The Labute approximate surface area is 124 Å². The molecule has 0 bridgehead atoms. The lowest BCUT2D eigenvalue weighted by molar-refractivity contribution is -0.139. The molecular weight excluding hydrogens is 292 g/mol. The zero-order chi connectivity index (χ0) is 15.8. The first-order chi connectivity index (χ1) is 9.60. The molecule has 2 N–H and O–H groups in total. The van der Waals surface area contributed by atoms with Crippen molar-refractivity contribution in [2.24, 2.45) is 9.81 Å². The minimum Gasteiger partial charge on any atom is -0.480 e. The van der Waals surface area contributed by atoms with Crippen LogP contribution < -0.4 is 5.32 Å². The summed E-state index contributed by atoms with van der Waals surface area (Å²) in [6.07, 6.45) is 0.351. The Balaban J connectivity index is 2.33. The summed E-state index contributed by atoms with van der Waals surface area (Å²) >= 11 is 0. The van der Waals surface area contributed by atoms with Crippen LogP contribution in [-0.4, -0.2) is 31.4 Å². The molecule has 1 aliphatic heterocycles. The van der Waals surface area contributed by atoms with E-state index in [9.17, 15) is 18.3 Å². The summed E-state index contributed by atoms with van der Waals surface area (Å²) in [4.78, 5) is 11.5. The van der Waals surface area contributed by atoms with E-state index in [1.165, 1.54) is 6.07 Å². The van der Waals surface area contributed by atoms with Gasteiger partial charge < -0.3 is 10.4 Å². The minimum atomic E-state index is -3.74. The average molecular weight is 310 g/mol. The predicted octanol–water partition coefficient (Wildman–Crippen LogP) is 1.61. The van der Waals surface area contributed by atoms with E-state index < -0.39 is 22.0 Å². The van der Waals surface area contributed by atoms with Crippen molar-refractivity contribution in [3.63, 3.8) is 0 Å². The van der Waals surface area contributed by atoms with Gasteiger partial charge in [0.15, 0.2) is 0 Å². The van der Waals surface area contributed by atoms with Crippen LogP contribution in [0.1, 0.15) is 32.8 Å². The second-order valence-electron chi connectivity index (χ2n) is 6.21. The molecule has 0 aromatic heterocycles. The van der Waals surface area contributed by atoms with Gasteiger partial charge in [-0.3, -0.25) is 0 Å². The summed E-state index contributed by atoms with van der Waals surface area (Å²) in [5, 5.41) is 12.1. The van der Waals surface area contributed by atoms with E-state index >= 15 is 0 Å². The maximum atomic E-state index is 11.9. The van der Waals surface area contributed by atoms with E-state index in [0.29, 0.717) is 12.0 Å². The van der Waals surface area contributed by atoms with Crippen molar-refractivity contribution in [3.8, 4) is 0 Å². The molecule has 6 nitrogen and oxygen atoms in total. The smallest absolute Gasteiger partial charge is 0.326 e. The maximum Gasteiger partial charge on any atom is 0.326 e. The number of hydrogen-bond donors (Lipinski definition) is 2. The number of rotatable bonds is 3. The fourth-order valence-electron chi connectivity index (χ4n) is 2.19. The number of nitrogens with zero attached hydrogens (tertiary/aromatic N) is 1. The summed E-state index contributed by atoms with van der Waals surface area (Å²) in [6, 6.07) is 5.48. The summed E-state index contributed by atoms with van der Waals surface area (Å²) in [6.45, 7) is 5.77. The number of carboxylic acid groups (broad SMARTS) is 1. The summed E-state index contributed by atoms with van der Waals surface area (Å²) < 4.78 is 27.5. The van der Waals surface area contributed by atoms with Gasteiger partial charge in [0.2, 0.25) is 0 Å². The van der Waals surface area contributed by atoms with Crippen molar-refractivity contribution >= 4 is 21.8 Å². The third kappa shape index (κ3) is 3.41. The molecule has 0 saturated heterocycles. The Bertz CT molecular complexity index is 702. The standard InChI is InChI=1S/C14H18N2O4S/c1-14(2,3)8-10(13(17)18)15-12-9-6-4-5-7-11(9)21(19,20)16-12/h4-7,10H,8H2,1-3H3,(H,15,16)(H,17,18). The highest BCUT2D eigenvalue weighted by Crippen LogP contribution is 2.26. The number of amidine groups is 1. The molecule has 0 aliphatic carbocycles. The normalized spacial score (nSPS) is 17.8. The first-order valence-electron chi connectivity index (χ1n) is 6.54. The van der Waals surface area contributed by atoms with E-state index in [2.05, 4.69) is 9.71 Å². The highest BCUT2D eigenvalue weighted by molar-refractivity contribution is 7.90. The number of nitrogens with one attached hydrogen (secondary N) is 1. The van der Waals surface area contributed by atoms with Crippen LogP contribution in [0.5, 0.6) is 0 Å². The fraction of sp³-hybridized carbons (Fsp3) is 0.429. The molecule has 114 valence electrons. The van der Waals surface area contributed by atoms with Gasteiger partial charge in [-0.2, -0.15) is 8.42 Å². The maximum absolute atomic E-state index is 11.9. The SMILES string of the molecule is CC(C)(C)CC(NC1=NS(=O)(=O)c2ccccc21)C(=O)O. The lowest BCUT2D eigenvalue weighted by atomic mass is 9.88. The molecule has 1 aromatic carbocycles. The second-order valence-corrected chi connectivity index (χ2v) is 7.78. The van der Waals surface area contributed by atoms with Gasteiger partial charge >= 0.3 is 5.97 Å². The molecule has 0 radical (unpaired) electrons. The van der Waals surface area contributed by atoms with E-state index in [1.54, 1.807) is 18.2 Å². The van der Waals surface area contributed by atoms with Crippen molar-refractivity contribution in [2.45, 2.75) is 38.1 Å². The highest BCUT2D eigenvalue weighted by atomic mass is 32.2. The van der Waals surface area contributed by atoms with Crippen LogP contribution in [0, 0.1) is 5.41 Å². The van der Waals surface area contributed by atoms with Gasteiger partial charge in [-0.05, 0) is 24.0 Å². The topological polar surface area (TPSA) is 95.8 Å². The van der Waals surface area contributed by atoms with Crippen LogP contribution in [-0.2, 0) is 14.8 Å². The molecule has 1 atom stereocenters. The largest absolute Gasteiger partial charge is 0.480 e. The highest BCUT2D eigenvalue weighted by Gasteiger charge is 2.32. The van der Waals surface area contributed by atoms with Gasteiger partial charge in [-0.15, -0.1) is 4.40 Å². The second kappa shape index (κ2) is 5.14. The monoisotopic (exact) mass is 310 g/mol. The van der Waals surface area contributed by atoms with Gasteiger partial charge in [0.1, 0.15) is 16.8 Å². The molecule has 1 unspecified atom stereocenters. The predicted molar refractivity (Wildman–Crippen MR) is 78.8 cm³/mol. The third-order valence-electron chi connectivity index (χ3n) is 3.06.